The molecule has 0 aliphatic heterocycles. The van der Waals surface area contributed by atoms with Crippen LogP contribution in [0.4, 0.5) is 4.39 Å². The van der Waals surface area contributed by atoms with E-state index in [0.29, 0.717) is 17.0 Å². The van der Waals surface area contributed by atoms with Gasteiger partial charge in [-0.3, -0.25) is 0 Å². The minimum absolute atomic E-state index is 0.182. The normalized spacial score (nSPS) is 9.81. The summed E-state index contributed by atoms with van der Waals surface area (Å²) in [6.07, 6.45) is 1.47. The van der Waals surface area contributed by atoms with E-state index in [2.05, 4.69) is 9.97 Å². The van der Waals surface area contributed by atoms with E-state index in [0.717, 1.165) is 0 Å². The molecule has 5 heteroatoms. The maximum atomic E-state index is 13.1. The fraction of sp³-hybridized carbons (Fsp3) is 0.0909. The lowest BCUT2D eigenvalue weighted by Crippen LogP contribution is -1.89. The van der Waals surface area contributed by atoms with Crippen molar-refractivity contribution in [3.63, 3.8) is 0 Å². The van der Waals surface area contributed by atoms with Gasteiger partial charge in [0.1, 0.15) is 17.6 Å². The van der Waals surface area contributed by atoms with Crippen molar-refractivity contribution in [1.29, 1.82) is 5.26 Å². The van der Waals surface area contributed by atoms with Crippen LogP contribution in [0.3, 0.4) is 0 Å². The second-order valence-electron chi connectivity index (χ2n) is 3.10. The second kappa shape index (κ2) is 4.03. The number of ether oxygens (including phenoxy) is 1. The fourth-order valence-electron chi connectivity index (χ4n) is 1.41. The number of nitrogens with zero attached hydrogens (tertiary/aromatic N) is 2. The Balaban J connectivity index is 2.54. The van der Waals surface area contributed by atoms with Crippen molar-refractivity contribution in [3.05, 3.63) is 36.0 Å². The summed E-state index contributed by atoms with van der Waals surface area (Å²) in [4.78, 5) is 6.58. The maximum Gasteiger partial charge on any atom is 0.210 e. The van der Waals surface area contributed by atoms with Gasteiger partial charge in [0.2, 0.25) is 5.82 Å². The molecule has 0 radical (unpaired) electrons. The summed E-state index contributed by atoms with van der Waals surface area (Å²) < 4.78 is 18.2. The number of halogens is 1. The molecule has 4 nitrogen and oxygen atoms in total. The molecule has 2 rings (SSSR count). The van der Waals surface area contributed by atoms with E-state index in [4.69, 9.17) is 10.00 Å². The van der Waals surface area contributed by atoms with Crippen LogP contribution in [-0.2, 0) is 0 Å². The summed E-state index contributed by atoms with van der Waals surface area (Å²) in [6.45, 7) is 0. The van der Waals surface area contributed by atoms with Crippen LogP contribution in [0, 0.1) is 17.1 Å². The first kappa shape index (κ1) is 10.2. The van der Waals surface area contributed by atoms with Gasteiger partial charge in [0.25, 0.3) is 0 Å². The molecule has 2 aromatic rings. The van der Waals surface area contributed by atoms with Crippen LogP contribution >= 0.6 is 0 Å². The van der Waals surface area contributed by atoms with Crippen LogP contribution in [0.2, 0.25) is 0 Å². The number of nitriles is 1. The third-order valence-corrected chi connectivity index (χ3v) is 2.13. The highest BCUT2D eigenvalue weighted by atomic mass is 19.1. The Hall–Kier alpha value is -2.35. The molecule has 16 heavy (non-hydrogen) atoms. The molecule has 0 saturated carbocycles. The average Bonchev–Trinajstić information content (AvgIpc) is 2.77. The monoisotopic (exact) mass is 217 g/mol. The van der Waals surface area contributed by atoms with Crippen molar-refractivity contribution in [2.24, 2.45) is 0 Å². The zero-order chi connectivity index (χ0) is 11.5. The molecule has 0 atom stereocenters. The molecule has 0 fully saturated rings. The van der Waals surface area contributed by atoms with Gasteiger partial charge < -0.3 is 9.72 Å². The van der Waals surface area contributed by atoms with Crippen LogP contribution in [0.25, 0.3) is 11.3 Å². The Morgan fingerprint density at radius 1 is 1.50 bits per heavy atom. The Bertz CT molecular complexity index is 557. The van der Waals surface area contributed by atoms with E-state index in [9.17, 15) is 4.39 Å². The number of nitrogens with one attached hydrogen (secondary N) is 1. The molecule has 0 amide bonds. The lowest BCUT2D eigenvalue weighted by Gasteiger charge is -2.05. The van der Waals surface area contributed by atoms with E-state index in [1.54, 1.807) is 0 Å². The van der Waals surface area contributed by atoms with Gasteiger partial charge in [0.05, 0.1) is 19.0 Å². The zero-order valence-electron chi connectivity index (χ0n) is 8.49. The highest BCUT2D eigenvalue weighted by Gasteiger charge is 2.09. The fourth-order valence-corrected chi connectivity index (χ4v) is 1.41. The number of aromatic amines is 1. The summed E-state index contributed by atoms with van der Waals surface area (Å²) in [7, 11) is 1.50. The second-order valence-corrected chi connectivity index (χ2v) is 3.10. The molecular formula is C11H8FN3O. The number of aromatic nitrogens is 2. The smallest absolute Gasteiger partial charge is 0.210 e. The average molecular weight is 217 g/mol. The standard InChI is InChI=1S/C11H8FN3O/c1-16-10-3-2-7(12)4-8(10)9-6-14-11(5-13)15-9/h2-4,6H,1H3,(H,14,15). The van der Waals surface area contributed by atoms with Crippen molar-refractivity contribution in [3.8, 4) is 23.1 Å². The molecule has 1 heterocycles. The van der Waals surface area contributed by atoms with Crippen molar-refractivity contribution in [2.45, 2.75) is 0 Å². The number of H-pyrrole nitrogens is 1. The number of hydrogen-bond acceptors (Lipinski definition) is 3. The Morgan fingerprint density at radius 3 is 2.94 bits per heavy atom. The molecule has 0 unspecified atom stereocenters. The number of imidazole rings is 1. The number of hydrogen-bond donors (Lipinski definition) is 1. The van der Waals surface area contributed by atoms with E-state index in [1.807, 2.05) is 6.07 Å². The molecule has 1 aromatic carbocycles. The summed E-state index contributed by atoms with van der Waals surface area (Å²) >= 11 is 0. The minimum Gasteiger partial charge on any atom is -0.496 e. The van der Waals surface area contributed by atoms with Crippen LogP contribution in [0.1, 0.15) is 5.82 Å². The van der Waals surface area contributed by atoms with Gasteiger partial charge in [0, 0.05) is 5.56 Å². The van der Waals surface area contributed by atoms with Gasteiger partial charge >= 0.3 is 0 Å². The Kier molecular flexibility index (Phi) is 2.56. The van der Waals surface area contributed by atoms with Crippen LogP contribution < -0.4 is 4.74 Å². The van der Waals surface area contributed by atoms with Gasteiger partial charge in [-0.25, -0.2) is 9.37 Å². The third-order valence-electron chi connectivity index (χ3n) is 2.13. The molecule has 0 spiro atoms. The minimum atomic E-state index is -0.371. The largest absolute Gasteiger partial charge is 0.496 e. The number of methoxy groups -OCH3 is 1. The molecule has 0 aliphatic carbocycles. The highest BCUT2D eigenvalue weighted by Crippen LogP contribution is 2.29. The maximum absolute atomic E-state index is 13.1. The predicted octanol–water partition coefficient (Wildman–Crippen LogP) is 2.10. The summed E-state index contributed by atoms with van der Waals surface area (Å²) in [6, 6.07) is 6.03. The molecule has 0 saturated heterocycles. The van der Waals surface area contributed by atoms with Crippen LogP contribution in [0.5, 0.6) is 5.75 Å². The van der Waals surface area contributed by atoms with Crippen LogP contribution in [-0.4, -0.2) is 17.1 Å². The molecule has 0 bridgehead atoms. The van der Waals surface area contributed by atoms with E-state index >= 15 is 0 Å². The summed E-state index contributed by atoms with van der Waals surface area (Å²) in [5.41, 5.74) is 1.09. The van der Waals surface area contributed by atoms with E-state index in [1.165, 1.54) is 31.5 Å². The van der Waals surface area contributed by atoms with Crippen molar-refractivity contribution >= 4 is 0 Å². The number of benzene rings is 1. The lowest BCUT2D eigenvalue weighted by molar-refractivity contribution is 0.415. The molecule has 80 valence electrons. The first-order valence-corrected chi connectivity index (χ1v) is 4.53. The quantitative estimate of drug-likeness (QED) is 0.837. The van der Waals surface area contributed by atoms with Crippen LogP contribution in [0.15, 0.2) is 24.4 Å². The van der Waals surface area contributed by atoms with Gasteiger partial charge in [-0.05, 0) is 18.2 Å². The number of rotatable bonds is 2. The summed E-state index contributed by atoms with van der Waals surface area (Å²) in [5.74, 6) is 0.333. The first-order chi connectivity index (χ1) is 7.74. The third kappa shape index (κ3) is 1.73. The lowest BCUT2D eigenvalue weighted by atomic mass is 10.1. The van der Waals surface area contributed by atoms with Crippen molar-refractivity contribution in [1.82, 2.24) is 9.97 Å². The SMILES string of the molecule is COc1ccc(F)cc1-c1cnc(C#N)[nH]1. The topological polar surface area (TPSA) is 61.7 Å². The molecule has 1 aromatic heterocycles. The van der Waals surface area contributed by atoms with E-state index in [-0.39, 0.29) is 11.6 Å². The first-order valence-electron chi connectivity index (χ1n) is 4.53. The van der Waals surface area contributed by atoms with Crippen molar-refractivity contribution in [2.75, 3.05) is 7.11 Å². The Morgan fingerprint density at radius 2 is 2.31 bits per heavy atom. The van der Waals surface area contributed by atoms with Gasteiger partial charge in [-0.2, -0.15) is 5.26 Å². The molecule has 1 N–H and O–H groups in total. The van der Waals surface area contributed by atoms with Gasteiger partial charge in [-0.1, -0.05) is 0 Å². The van der Waals surface area contributed by atoms with E-state index < -0.39 is 0 Å². The predicted molar refractivity (Wildman–Crippen MR) is 55.2 cm³/mol. The Labute approximate surface area is 91.3 Å². The van der Waals surface area contributed by atoms with Crippen molar-refractivity contribution < 1.29 is 9.13 Å². The van der Waals surface area contributed by atoms with Gasteiger partial charge in [0.15, 0.2) is 0 Å². The highest BCUT2D eigenvalue weighted by molar-refractivity contribution is 5.67. The zero-order valence-corrected chi connectivity index (χ0v) is 8.49. The molecule has 0 aliphatic rings. The summed E-state index contributed by atoms with van der Waals surface area (Å²) in [5, 5.41) is 8.63. The molecular weight excluding hydrogens is 209 g/mol. The van der Waals surface area contributed by atoms with Gasteiger partial charge in [-0.15, -0.1) is 0 Å².